The summed E-state index contributed by atoms with van der Waals surface area (Å²) in [6.45, 7) is 11.9. The lowest BCUT2D eigenvalue weighted by Crippen LogP contribution is -2.26. The fourth-order valence-electron chi connectivity index (χ4n) is 2.42. The standard InChI is InChI=1S/C18H32N2O/c1-6-11-20(12-7-2)17-10-9-16(13-18(17)21-5)14-19-15(4)8-3/h9-10,13,15,19H,6-8,11-12,14H2,1-5H3. The Morgan fingerprint density at radius 2 is 1.81 bits per heavy atom. The van der Waals surface area contributed by atoms with Crippen LogP contribution in [0.3, 0.4) is 0 Å². The third-order valence-electron chi connectivity index (χ3n) is 3.84. The van der Waals surface area contributed by atoms with Gasteiger partial charge in [-0.3, -0.25) is 0 Å². The summed E-state index contributed by atoms with van der Waals surface area (Å²) in [5.74, 6) is 0.986. The number of hydrogen-bond donors (Lipinski definition) is 1. The number of methoxy groups -OCH3 is 1. The van der Waals surface area contributed by atoms with Gasteiger partial charge in [0.1, 0.15) is 5.75 Å². The Labute approximate surface area is 130 Å². The Hall–Kier alpha value is -1.22. The molecule has 0 radical (unpaired) electrons. The van der Waals surface area contributed by atoms with Gasteiger partial charge in [-0.2, -0.15) is 0 Å². The van der Waals surface area contributed by atoms with Crippen LogP contribution in [0.5, 0.6) is 5.75 Å². The largest absolute Gasteiger partial charge is 0.495 e. The summed E-state index contributed by atoms with van der Waals surface area (Å²) in [5.41, 5.74) is 2.50. The molecule has 0 aliphatic carbocycles. The van der Waals surface area contributed by atoms with E-state index in [1.807, 2.05) is 0 Å². The van der Waals surface area contributed by atoms with Gasteiger partial charge in [0.05, 0.1) is 12.8 Å². The van der Waals surface area contributed by atoms with Gasteiger partial charge in [0.2, 0.25) is 0 Å². The Bertz CT molecular complexity index is 400. The van der Waals surface area contributed by atoms with Crippen LogP contribution >= 0.6 is 0 Å². The SMILES string of the molecule is CCCN(CCC)c1ccc(CNC(C)CC)cc1OC. The van der Waals surface area contributed by atoms with Gasteiger partial charge >= 0.3 is 0 Å². The molecule has 120 valence electrons. The average molecular weight is 292 g/mol. The highest BCUT2D eigenvalue weighted by molar-refractivity contribution is 5.59. The highest BCUT2D eigenvalue weighted by Gasteiger charge is 2.11. The summed E-state index contributed by atoms with van der Waals surface area (Å²) in [6, 6.07) is 7.14. The molecule has 1 unspecified atom stereocenters. The van der Waals surface area contributed by atoms with Crippen LogP contribution in [0.4, 0.5) is 5.69 Å². The molecular weight excluding hydrogens is 260 g/mol. The van der Waals surface area contributed by atoms with Gasteiger partial charge in [0, 0.05) is 25.7 Å². The molecule has 1 N–H and O–H groups in total. The molecule has 3 heteroatoms. The van der Waals surface area contributed by atoms with Crippen LogP contribution in [0.2, 0.25) is 0 Å². The fourth-order valence-corrected chi connectivity index (χ4v) is 2.42. The zero-order valence-corrected chi connectivity index (χ0v) is 14.4. The molecule has 1 aromatic rings. The highest BCUT2D eigenvalue weighted by atomic mass is 16.5. The van der Waals surface area contributed by atoms with Gasteiger partial charge in [0.25, 0.3) is 0 Å². The van der Waals surface area contributed by atoms with Gasteiger partial charge in [-0.1, -0.05) is 26.8 Å². The maximum Gasteiger partial charge on any atom is 0.142 e. The molecule has 0 fully saturated rings. The van der Waals surface area contributed by atoms with Crippen LogP contribution in [-0.2, 0) is 6.54 Å². The lowest BCUT2D eigenvalue weighted by molar-refractivity contribution is 0.413. The van der Waals surface area contributed by atoms with Crippen LogP contribution in [0.1, 0.15) is 52.5 Å². The molecule has 21 heavy (non-hydrogen) atoms. The first-order valence-corrected chi connectivity index (χ1v) is 8.31. The summed E-state index contributed by atoms with van der Waals surface area (Å²) in [4.78, 5) is 2.42. The Kier molecular flexibility index (Phi) is 8.21. The van der Waals surface area contributed by atoms with Crippen LogP contribution in [0, 0.1) is 0 Å². The van der Waals surface area contributed by atoms with Crippen molar-refractivity contribution >= 4 is 5.69 Å². The van der Waals surface area contributed by atoms with Gasteiger partial charge < -0.3 is 15.0 Å². The minimum atomic E-state index is 0.548. The number of rotatable bonds is 10. The molecule has 0 aromatic heterocycles. The molecular formula is C18H32N2O. The minimum absolute atomic E-state index is 0.548. The van der Waals surface area contributed by atoms with Crippen molar-refractivity contribution in [3.8, 4) is 5.75 Å². The molecule has 0 aliphatic heterocycles. The molecule has 1 atom stereocenters. The first-order valence-electron chi connectivity index (χ1n) is 8.31. The van der Waals surface area contributed by atoms with Crippen molar-refractivity contribution in [2.24, 2.45) is 0 Å². The van der Waals surface area contributed by atoms with Crippen LogP contribution in [-0.4, -0.2) is 26.2 Å². The average Bonchev–Trinajstić information content (AvgIpc) is 2.52. The fraction of sp³-hybridized carbons (Fsp3) is 0.667. The molecule has 0 saturated heterocycles. The van der Waals surface area contributed by atoms with E-state index in [9.17, 15) is 0 Å². The molecule has 0 saturated carbocycles. The minimum Gasteiger partial charge on any atom is -0.495 e. The van der Waals surface area contributed by atoms with E-state index >= 15 is 0 Å². The third kappa shape index (κ3) is 5.58. The highest BCUT2D eigenvalue weighted by Crippen LogP contribution is 2.29. The van der Waals surface area contributed by atoms with Crippen molar-refractivity contribution in [3.05, 3.63) is 23.8 Å². The van der Waals surface area contributed by atoms with E-state index in [0.29, 0.717) is 6.04 Å². The quantitative estimate of drug-likeness (QED) is 0.699. The third-order valence-corrected chi connectivity index (χ3v) is 3.84. The molecule has 0 heterocycles. The molecule has 3 nitrogen and oxygen atoms in total. The Morgan fingerprint density at radius 3 is 2.33 bits per heavy atom. The topological polar surface area (TPSA) is 24.5 Å². The lowest BCUT2D eigenvalue weighted by atomic mass is 10.1. The number of hydrogen-bond acceptors (Lipinski definition) is 3. The second-order valence-electron chi connectivity index (χ2n) is 5.68. The number of ether oxygens (including phenoxy) is 1. The van der Waals surface area contributed by atoms with Crippen molar-refractivity contribution in [3.63, 3.8) is 0 Å². The van der Waals surface area contributed by atoms with E-state index in [1.54, 1.807) is 7.11 Å². The Morgan fingerprint density at radius 1 is 1.14 bits per heavy atom. The van der Waals surface area contributed by atoms with E-state index in [1.165, 1.54) is 11.3 Å². The second kappa shape index (κ2) is 9.67. The van der Waals surface area contributed by atoms with Crippen molar-refractivity contribution in [1.82, 2.24) is 5.32 Å². The summed E-state index contributed by atoms with van der Waals surface area (Å²) >= 11 is 0. The van der Waals surface area contributed by atoms with Crippen molar-refractivity contribution < 1.29 is 4.74 Å². The zero-order valence-electron chi connectivity index (χ0n) is 14.4. The van der Waals surface area contributed by atoms with Crippen molar-refractivity contribution in [1.29, 1.82) is 0 Å². The summed E-state index contributed by atoms with van der Waals surface area (Å²) in [5, 5.41) is 3.53. The van der Waals surface area contributed by atoms with E-state index in [4.69, 9.17) is 4.74 Å². The summed E-state index contributed by atoms with van der Waals surface area (Å²) < 4.78 is 5.62. The number of nitrogens with zero attached hydrogens (tertiary/aromatic N) is 1. The molecule has 0 amide bonds. The van der Waals surface area contributed by atoms with Crippen LogP contribution in [0.15, 0.2) is 18.2 Å². The van der Waals surface area contributed by atoms with Gasteiger partial charge in [0.15, 0.2) is 0 Å². The maximum absolute atomic E-state index is 5.62. The normalized spacial score (nSPS) is 12.2. The van der Waals surface area contributed by atoms with Gasteiger partial charge in [-0.25, -0.2) is 0 Å². The summed E-state index contributed by atoms with van der Waals surface area (Å²) in [7, 11) is 1.76. The van der Waals surface area contributed by atoms with Crippen LogP contribution < -0.4 is 15.0 Å². The molecule has 0 aliphatic rings. The number of anilines is 1. The number of benzene rings is 1. The predicted molar refractivity (Wildman–Crippen MR) is 92.4 cm³/mol. The first-order chi connectivity index (χ1) is 10.2. The van der Waals surface area contributed by atoms with Crippen molar-refractivity contribution in [2.45, 2.75) is 59.5 Å². The van der Waals surface area contributed by atoms with Gasteiger partial charge in [-0.05, 0) is 43.9 Å². The number of nitrogens with one attached hydrogen (secondary N) is 1. The van der Waals surface area contributed by atoms with Crippen LogP contribution in [0.25, 0.3) is 0 Å². The molecule has 0 spiro atoms. The van der Waals surface area contributed by atoms with E-state index in [2.05, 4.69) is 56.1 Å². The second-order valence-corrected chi connectivity index (χ2v) is 5.68. The lowest BCUT2D eigenvalue weighted by Gasteiger charge is -2.26. The monoisotopic (exact) mass is 292 g/mol. The molecule has 1 rings (SSSR count). The van der Waals surface area contributed by atoms with Crippen molar-refractivity contribution in [2.75, 3.05) is 25.1 Å². The maximum atomic E-state index is 5.62. The van der Waals surface area contributed by atoms with E-state index in [0.717, 1.165) is 44.6 Å². The van der Waals surface area contributed by atoms with Gasteiger partial charge in [-0.15, -0.1) is 0 Å². The predicted octanol–water partition coefficient (Wildman–Crippen LogP) is 4.21. The zero-order chi connectivity index (χ0) is 15.7. The Balaban J connectivity index is 2.86. The molecule has 1 aromatic carbocycles. The molecule has 0 bridgehead atoms. The smallest absolute Gasteiger partial charge is 0.142 e. The first kappa shape index (κ1) is 17.8. The van der Waals surface area contributed by atoms with E-state index in [-0.39, 0.29) is 0 Å². The van der Waals surface area contributed by atoms with E-state index < -0.39 is 0 Å². The summed E-state index contributed by atoms with van der Waals surface area (Å²) in [6.07, 6.45) is 3.46.